The number of alkyl halides is 1. The fraction of sp³-hybridized carbons (Fsp3) is 1.00. The molecule has 6 rings (SSSR count). The van der Waals surface area contributed by atoms with Crippen LogP contribution in [0, 0.1) is 11.8 Å². The molecule has 6 heteroatoms. The molecule has 0 unspecified atom stereocenters. The lowest BCUT2D eigenvalue weighted by molar-refractivity contribution is -0.942. The predicted octanol–water partition coefficient (Wildman–Crippen LogP) is -2.04. The Morgan fingerprint density at radius 2 is 1.16 bits per heavy atom. The van der Waals surface area contributed by atoms with E-state index in [-0.39, 0.29) is 34.0 Å². The number of halogens is 3. The quantitative estimate of drug-likeness (QED) is 0.163. The van der Waals surface area contributed by atoms with Crippen LogP contribution < -0.4 is 34.0 Å². The number of fused-ring (bicyclic) bond motifs is 6. The van der Waals surface area contributed by atoms with Crippen molar-refractivity contribution in [3.63, 3.8) is 0 Å². The van der Waals surface area contributed by atoms with E-state index in [1.54, 1.807) is 0 Å². The molecule has 6 aliphatic heterocycles. The van der Waals surface area contributed by atoms with Crippen LogP contribution in [0.15, 0.2) is 0 Å². The zero-order chi connectivity index (χ0) is 16.9. The van der Waals surface area contributed by atoms with Crippen LogP contribution in [-0.2, 0) is 0 Å². The Balaban J connectivity index is 0.000000244. The van der Waals surface area contributed by atoms with E-state index in [4.69, 9.17) is 1.12 Å². The molecule has 6 saturated heterocycles. The molecule has 0 aromatic carbocycles. The van der Waals surface area contributed by atoms with E-state index >= 15 is 0 Å². The normalized spacial score (nSPS) is 38.7. The monoisotopic (exact) mass is 564 g/mol. The molecule has 25 heavy (non-hydrogen) atoms. The van der Waals surface area contributed by atoms with Gasteiger partial charge in [0, 0.05) is 6.42 Å². The summed E-state index contributed by atoms with van der Waals surface area (Å²) in [6.45, 7) is 11.4. The standard InChI is InChI=1S/C10H19NS.C9H17BrN.2BrH/c12-9-1-5-11-6-2-10(3-7-11)4-8-11;10-4-8-11-5-1-9(2-6-11)3-7-11;;/h10H,1-9H2;9H,1-8H2;2*1H/q;+1;;/p-1/i/hT. The van der Waals surface area contributed by atoms with Gasteiger partial charge in [0.2, 0.25) is 0 Å². The molecule has 0 aromatic rings. The Bertz CT molecular complexity index is 353. The van der Waals surface area contributed by atoms with E-state index < -0.39 is 0 Å². The van der Waals surface area contributed by atoms with Gasteiger partial charge in [0.05, 0.1) is 57.7 Å². The highest BCUT2D eigenvalue weighted by Crippen LogP contribution is 2.34. The molecule has 0 atom stereocenters. The summed E-state index contributed by atoms with van der Waals surface area (Å²) >= 11 is 4.81. The summed E-state index contributed by atoms with van der Waals surface area (Å²) < 4.78 is 9.89. The van der Waals surface area contributed by atoms with Crippen LogP contribution in [0.4, 0.5) is 0 Å². The minimum absolute atomic E-state index is 0. The molecule has 0 aromatic heterocycles. The maximum Gasteiger partial charge on any atom is 0.102 e. The van der Waals surface area contributed by atoms with Crippen molar-refractivity contribution in [2.75, 3.05) is 63.4 Å². The van der Waals surface area contributed by atoms with Gasteiger partial charge in [-0.05, 0) is 56.1 Å². The molecule has 0 radical (unpaired) electrons. The van der Waals surface area contributed by atoms with Crippen molar-refractivity contribution in [2.24, 2.45) is 11.8 Å². The second-order valence-electron chi connectivity index (χ2n) is 8.68. The van der Waals surface area contributed by atoms with Gasteiger partial charge in [-0.2, -0.15) is 12.5 Å². The Labute approximate surface area is 191 Å². The molecule has 2 nitrogen and oxygen atoms in total. The van der Waals surface area contributed by atoms with Crippen LogP contribution in [0.5, 0.6) is 0 Å². The van der Waals surface area contributed by atoms with Gasteiger partial charge in [-0.25, -0.2) is 0 Å². The lowest BCUT2D eigenvalue weighted by Crippen LogP contribution is -3.00. The minimum atomic E-state index is 0. The summed E-state index contributed by atoms with van der Waals surface area (Å²) in [5, 5.41) is 1.19. The molecular formula is C19H37Br3N2S. The van der Waals surface area contributed by atoms with Crippen molar-refractivity contribution in [2.45, 2.75) is 44.9 Å². The summed E-state index contributed by atoms with van der Waals surface area (Å²) in [6, 6.07) is 0. The van der Waals surface area contributed by atoms with Gasteiger partial charge in [-0.3, -0.25) is 0 Å². The summed E-state index contributed by atoms with van der Waals surface area (Å²) in [5.74, 6) is 3.21. The third kappa shape index (κ3) is 6.62. The van der Waals surface area contributed by atoms with E-state index in [2.05, 4.69) is 15.9 Å². The third-order valence-corrected chi connectivity index (χ3v) is 8.05. The van der Waals surface area contributed by atoms with Gasteiger partial charge in [-0.1, -0.05) is 15.9 Å². The largest absolute Gasteiger partial charge is 1.00 e. The van der Waals surface area contributed by atoms with Gasteiger partial charge in [-0.15, -0.1) is 0 Å². The lowest BCUT2D eigenvalue weighted by Gasteiger charge is -2.49. The van der Waals surface area contributed by atoms with Gasteiger partial charge in [0.25, 0.3) is 0 Å². The smallest absolute Gasteiger partial charge is 0.102 e. The molecule has 150 valence electrons. The minimum Gasteiger partial charge on any atom is -1.00 e. The zero-order valence-corrected chi connectivity index (χ0v) is 21.2. The molecule has 0 amide bonds. The molecule has 0 saturated carbocycles. The Hall–Kier alpha value is 1.71. The highest BCUT2D eigenvalue weighted by molar-refractivity contribution is 9.09. The number of hydrogen-bond acceptors (Lipinski definition) is 1. The molecule has 6 fully saturated rings. The number of rotatable bonds is 6. The van der Waals surface area contributed by atoms with Crippen LogP contribution in [-0.4, -0.2) is 73.5 Å². The highest BCUT2D eigenvalue weighted by Gasteiger charge is 2.39. The van der Waals surface area contributed by atoms with Crippen molar-refractivity contribution in [1.82, 2.24) is 0 Å². The fourth-order valence-electron chi connectivity index (χ4n) is 5.53. The van der Waals surface area contributed by atoms with Gasteiger partial charge < -0.3 is 42.9 Å². The lowest BCUT2D eigenvalue weighted by atomic mass is 9.85. The first-order valence-corrected chi connectivity index (χ1v) is 11.7. The van der Waals surface area contributed by atoms with Crippen molar-refractivity contribution >= 4 is 28.5 Å². The first-order valence-electron chi connectivity index (χ1n) is 10.4. The number of nitrogens with zero attached hydrogens (tertiary/aromatic N) is 2. The number of quaternary nitrogens is 2. The van der Waals surface area contributed by atoms with Crippen LogP contribution in [0.25, 0.3) is 0 Å². The maximum absolute atomic E-state index is 7.06. The van der Waals surface area contributed by atoms with E-state index in [1.807, 2.05) is 0 Å². The topological polar surface area (TPSA) is 0 Å². The summed E-state index contributed by atoms with van der Waals surface area (Å²) in [7, 11) is 0. The first-order chi connectivity index (χ1) is 11.7. The van der Waals surface area contributed by atoms with Crippen molar-refractivity contribution in [1.29, 1.82) is 1.12 Å². The Kier molecular flexibility index (Phi) is 10.7. The molecule has 0 aliphatic carbocycles. The average molecular weight is 567 g/mol. The van der Waals surface area contributed by atoms with Gasteiger partial charge in [0.1, 0.15) is 1.12 Å². The summed E-state index contributed by atoms with van der Waals surface area (Å²) in [6.07, 6.45) is 10.2. The number of piperidine rings is 6. The van der Waals surface area contributed by atoms with Gasteiger partial charge in [0.15, 0.2) is 0 Å². The Morgan fingerprint density at radius 3 is 1.52 bits per heavy atom. The maximum atomic E-state index is 7.06. The molecule has 0 N–H and O–H groups in total. The highest BCUT2D eigenvalue weighted by atomic mass is 79.9. The average Bonchev–Trinajstić information content (AvgIpc) is 2.65. The van der Waals surface area contributed by atoms with Gasteiger partial charge >= 0.3 is 0 Å². The van der Waals surface area contributed by atoms with E-state index in [1.165, 1.54) is 124 Å². The Morgan fingerprint density at radius 1 is 0.760 bits per heavy atom. The van der Waals surface area contributed by atoms with Crippen LogP contribution >= 0.6 is 28.5 Å². The fourth-order valence-corrected chi connectivity index (χ4v) is 6.41. The van der Waals surface area contributed by atoms with Crippen molar-refractivity contribution in [3.05, 3.63) is 0 Å². The van der Waals surface area contributed by atoms with Crippen molar-refractivity contribution in [3.8, 4) is 0 Å². The molecule has 0 spiro atoms. The number of thiol groups is 1. The van der Waals surface area contributed by atoms with Crippen LogP contribution in [0.3, 0.4) is 0 Å². The van der Waals surface area contributed by atoms with Crippen LogP contribution in [0.1, 0.15) is 44.9 Å². The predicted molar refractivity (Wildman–Crippen MR) is 106 cm³/mol. The second kappa shape index (κ2) is 11.6. The first kappa shape index (κ1) is 23.0. The van der Waals surface area contributed by atoms with E-state index in [0.29, 0.717) is 0 Å². The SMILES string of the molecule is BrCC[N+]12CCC(CC1)CC2.[3H]SCCC[N+]12CCC(CC1)CC2.[Br-].[Br-]. The molecule has 6 heterocycles. The third-order valence-electron chi connectivity index (χ3n) is 7.41. The summed E-state index contributed by atoms with van der Waals surface area (Å²) in [5.41, 5.74) is 0. The van der Waals surface area contributed by atoms with E-state index in [0.717, 1.165) is 17.6 Å². The molecular weight excluding hydrogens is 528 g/mol. The zero-order valence-electron chi connectivity index (χ0n) is 16.6. The molecule has 6 aliphatic rings. The summed E-state index contributed by atoms with van der Waals surface area (Å²) in [4.78, 5) is 0. The van der Waals surface area contributed by atoms with Crippen LogP contribution in [0.2, 0.25) is 0 Å². The second-order valence-corrected chi connectivity index (χ2v) is 9.88. The molecule has 4 bridgehead atoms. The van der Waals surface area contributed by atoms with E-state index in [9.17, 15) is 0 Å². The number of hydrogen-bond donors (Lipinski definition) is 1. The van der Waals surface area contributed by atoms with Crippen molar-refractivity contribution < 1.29 is 42.9 Å².